The van der Waals surface area contributed by atoms with E-state index in [2.05, 4.69) is 10.2 Å². The third-order valence-corrected chi connectivity index (χ3v) is 5.28. The molecule has 28 heavy (non-hydrogen) atoms. The Bertz CT molecular complexity index is 884. The van der Waals surface area contributed by atoms with E-state index in [0.29, 0.717) is 24.0 Å². The molecule has 3 rings (SSSR count). The number of para-hydroxylation sites is 2. The van der Waals surface area contributed by atoms with Crippen molar-refractivity contribution in [3.05, 3.63) is 66.5 Å². The van der Waals surface area contributed by atoms with Gasteiger partial charge >= 0.3 is 5.97 Å². The molecule has 0 radical (unpaired) electrons. The van der Waals surface area contributed by atoms with Gasteiger partial charge in [-0.2, -0.15) is 0 Å². The molecular weight excluding hydrogens is 374 g/mol. The summed E-state index contributed by atoms with van der Waals surface area (Å²) in [7, 11) is 0. The quantitative estimate of drug-likeness (QED) is 0.397. The number of nitrogens with zero attached hydrogens (tertiary/aromatic N) is 3. The van der Waals surface area contributed by atoms with Crippen LogP contribution in [0, 0.1) is 0 Å². The van der Waals surface area contributed by atoms with Gasteiger partial charge in [-0.1, -0.05) is 55.1 Å². The van der Waals surface area contributed by atoms with E-state index in [1.54, 1.807) is 6.92 Å². The molecule has 1 atom stereocenters. The second kappa shape index (κ2) is 9.94. The van der Waals surface area contributed by atoms with Gasteiger partial charge < -0.3 is 9.47 Å². The highest BCUT2D eigenvalue weighted by atomic mass is 32.2. The summed E-state index contributed by atoms with van der Waals surface area (Å²) >= 11 is 1.36. The molecule has 1 aromatic heterocycles. The Morgan fingerprint density at radius 1 is 1.04 bits per heavy atom. The second-order valence-electron chi connectivity index (χ2n) is 5.94. The molecule has 0 aliphatic carbocycles. The Hall–Kier alpha value is -2.80. The molecule has 2 aromatic carbocycles. The van der Waals surface area contributed by atoms with Crippen molar-refractivity contribution in [1.29, 1.82) is 0 Å². The molecule has 0 saturated heterocycles. The zero-order valence-electron chi connectivity index (χ0n) is 15.9. The summed E-state index contributed by atoms with van der Waals surface area (Å²) < 4.78 is 13.0. The fraction of sp³-hybridized carbons (Fsp3) is 0.286. The average Bonchev–Trinajstić information content (AvgIpc) is 3.14. The molecule has 6 nitrogen and oxygen atoms in total. The summed E-state index contributed by atoms with van der Waals surface area (Å²) in [5.41, 5.74) is 0.917. The van der Waals surface area contributed by atoms with Gasteiger partial charge in [-0.3, -0.25) is 9.36 Å². The lowest BCUT2D eigenvalue weighted by Crippen LogP contribution is -2.20. The molecular formula is C21H23N3O3S. The summed E-state index contributed by atoms with van der Waals surface area (Å²) in [5, 5.41) is 8.94. The standard InChI is InChI=1S/C21H23N3O3S/c1-3-18(20(25)26-4-2)28-21-23-22-19(15-27-17-13-9-6-10-14-17)24(21)16-11-7-5-8-12-16/h5-14,18H,3-4,15H2,1-2H3/t18-/m0/s1. The van der Waals surface area contributed by atoms with Gasteiger partial charge in [0.2, 0.25) is 0 Å². The van der Waals surface area contributed by atoms with Crippen LogP contribution in [0.25, 0.3) is 5.69 Å². The van der Waals surface area contributed by atoms with Crippen molar-refractivity contribution in [2.24, 2.45) is 0 Å². The molecule has 0 amide bonds. The van der Waals surface area contributed by atoms with Crippen LogP contribution in [0.4, 0.5) is 0 Å². The SMILES string of the molecule is CCOC(=O)[C@H](CC)Sc1nnc(COc2ccccc2)n1-c1ccccc1. The number of thioether (sulfide) groups is 1. The smallest absolute Gasteiger partial charge is 0.319 e. The van der Waals surface area contributed by atoms with E-state index in [4.69, 9.17) is 9.47 Å². The molecule has 0 aliphatic heterocycles. The third-order valence-electron chi connectivity index (χ3n) is 3.99. The predicted octanol–water partition coefficient (Wildman–Crippen LogP) is 4.28. The van der Waals surface area contributed by atoms with Crippen molar-refractivity contribution in [2.45, 2.75) is 37.3 Å². The molecule has 0 N–H and O–H groups in total. The summed E-state index contributed by atoms with van der Waals surface area (Å²) in [6, 6.07) is 19.4. The lowest BCUT2D eigenvalue weighted by atomic mass is 10.3. The molecule has 0 bridgehead atoms. The van der Waals surface area contributed by atoms with Crippen molar-refractivity contribution in [3.63, 3.8) is 0 Å². The van der Waals surface area contributed by atoms with E-state index >= 15 is 0 Å². The van der Waals surface area contributed by atoms with Crippen molar-refractivity contribution in [2.75, 3.05) is 6.61 Å². The van der Waals surface area contributed by atoms with Crippen LogP contribution in [0.2, 0.25) is 0 Å². The number of benzene rings is 2. The van der Waals surface area contributed by atoms with E-state index in [0.717, 1.165) is 11.4 Å². The lowest BCUT2D eigenvalue weighted by molar-refractivity contribution is -0.142. The molecule has 0 saturated carbocycles. The van der Waals surface area contributed by atoms with Crippen LogP contribution in [0.5, 0.6) is 5.75 Å². The molecule has 0 unspecified atom stereocenters. The highest BCUT2D eigenvalue weighted by Crippen LogP contribution is 2.28. The van der Waals surface area contributed by atoms with Crippen LogP contribution in [0.1, 0.15) is 26.1 Å². The highest BCUT2D eigenvalue weighted by Gasteiger charge is 2.24. The Balaban J connectivity index is 1.87. The van der Waals surface area contributed by atoms with Crippen molar-refractivity contribution in [3.8, 4) is 11.4 Å². The first kappa shape index (κ1) is 19.9. The van der Waals surface area contributed by atoms with Gasteiger partial charge in [0.1, 0.15) is 17.6 Å². The largest absolute Gasteiger partial charge is 0.486 e. The van der Waals surface area contributed by atoms with E-state index < -0.39 is 0 Å². The first-order valence-electron chi connectivity index (χ1n) is 9.23. The predicted molar refractivity (Wildman–Crippen MR) is 109 cm³/mol. The maximum Gasteiger partial charge on any atom is 0.319 e. The molecule has 7 heteroatoms. The van der Waals surface area contributed by atoms with Crippen LogP contribution < -0.4 is 4.74 Å². The van der Waals surface area contributed by atoms with Crippen LogP contribution in [0.15, 0.2) is 65.8 Å². The maximum absolute atomic E-state index is 12.2. The molecule has 146 valence electrons. The fourth-order valence-corrected chi connectivity index (χ4v) is 3.62. The van der Waals surface area contributed by atoms with Gasteiger partial charge in [-0.15, -0.1) is 10.2 Å². The van der Waals surface area contributed by atoms with Crippen molar-refractivity contribution in [1.82, 2.24) is 14.8 Å². The number of carbonyl (C=O) groups excluding carboxylic acids is 1. The van der Waals surface area contributed by atoms with Crippen molar-refractivity contribution >= 4 is 17.7 Å². The molecule has 3 aromatic rings. The van der Waals surface area contributed by atoms with Gasteiger partial charge in [0.05, 0.1) is 6.61 Å². The number of rotatable bonds is 9. The van der Waals surface area contributed by atoms with Crippen LogP contribution in [-0.2, 0) is 16.1 Å². The highest BCUT2D eigenvalue weighted by molar-refractivity contribution is 8.00. The van der Waals surface area contributed by atoms with E-state index in [1.807, 2.05) is 72.2 Å². The van der Waals surface area contributed by atoms with Gasteiger partial charge in [0, 0.05) is 5.69 Å². The lowest BCUT2D eigenvalue weighted by Gasteiger charge is -2.15. The van der Waals surface area contributed by atoms with E-state index in [9.17, 15) is 4.79 Å². The van der Waals surface area contributed by atoms with Crippen LogP contribution in [0.3, 0.4) is 0 Å². The van der Waals surface area contributed by atoms with Crippen LogP contribution in [-0.4, -0.2) is 32.6 Å². The number of hydrogen-bond donors (Lipinski definition) is 0. The number of aromatic nitrogens is 3. The first-order valence-corrected chi connectivity index (χ1v) is 10.1. The topological polar surface area (TPSA) is 66.2 Å². The molecule has 0 fully saturated rings. The Morgan fingerprint density at radius 3 is 2.36 bits per heavy atom. The Morgan fingerprint density at radius 2 is 1.71 bits per heavy atom. The minimum Gasteiger partial charge on any atom is -0.486 e. The fourth-order valence-electron chi connectivity index (χ4n) is 2.63. The van der Waals surface area contributed by atoms with Gasteiger partial charge in [-0.05, 0) is 37.6 Å². The van der Waals surface area contributed by atoms with Gasteiger partial charge in [0.25, 0.3) is 0 Å². The Labute approximate surface area is 168 Å². The third kappa shape index (κ3) is 4.92. The minimum absolute atomic E-state index is 0.236. The monoisotopic (exact) mass is 397 g/mol. The molecule has 0 aliphatic rings. The Kier molecular flexibility index (Phi) is 7.08. The zero-order chi connectivity index (χ0) is 19.8. The normalized spacial score (nSPS) is 11.8. The maximum atomic E-state index is 12.2. The van der Waals surface area contributed by atoms with E-state index in [1.165, 1.54) is 11.8 Å². The number of hydrogen-bond acceptors (Lipinski definition) is 6. The summed E-state index contributed by atoms with van der Waals surface area (Å²) in [4.78, 5) is 12.2. The zero-order valence-corrected chi connectivity index (χ0v) is 16.8. The summed E-state index contributed by atoms with van der Waals surface area (Å²) in [5.74, 6) is 1.19. The van der Waals surface area contributed by atoms with Crippen molar-refractivity contribution < 1.29 is 14.3 Å². The second-order valence-corrected chi connectivity index (χ2v) is 7.11. The van der Waals surface area contributed by atoms with Gasteiger partial charge in [0.15, 0.2) is 11.0 Å². The molecule has 1 heterocycles. The first-order chi connectivity index (χ1) is 13.7. The van der Waals surface area contributed by atoms with Crippen LogP contribution >= 0.6 is 11.8 Å². The summed E-state index contributed by atoms with van der Waals surface area (Å²) in [6.07, 6.45) is 0.640. The number of carbonyl (C=O) groups is 1. The average molecular weight is 398 g/mol. The number of ether oxygens (including phenoxy) is 2. The minimum atomic E-state index is -0.338. The number of esters is 1. The molecule has 0 spiro atoms. The van der Waals surface area contributed by atoms with E-state index in [-0.39, 0.29) is 17.8 Å². The van der Waals surface area contributed by atoms with Gasteiger partial charge in [-0.25, -0.2) is 0 Å². The summed E-state index contributed by atoms with van der Waals surface area (Å²) in [6.45, 7) is 4.39.